The van der Waals surface area contributed by atoms with Crippen LogP contribution in [0, 0.1) is 0 Å². The minimum Gasteiger partial charge on any atom is -0.481 e. The molecule has 2 amide bonds. The van der Waals surface area contributed by atoms with E-state index in [1.165, 1.54) is 13.0 Å². The second kappa shape index (κ2) is 13.9. The van der Waals surface area contributed by atoms with Gasteiger partial charge in [0.15, 0.2) is 11.7 Å². The van der Waals surface area contributed by atoms with Gasteiger partial charge in [-0.2, -0.15) is 13.2 Å². The summed E-state index contributed by atoms with van der Waals surface area (Å²) in [5.74, 6) is -5.94. The molecular weight excluding hydrogens is 491 g/mol. The Labute approximate surface area is 195 Å². The molecule has 5 atom stereocenters. The summed E-state index contributed by atoms with van der Waals surface area (Å²) in [6.45, 7) is 0.185. The Morgan fingerprint density at radius 2 is 1.74 bits per heavy atom. The van der Waals surface area contributed by atoms with Crippen molar-refractivity contribution in [1.29, 1.82) is 0 Å². The van der Waals surface area contributed by atoms with Gasteiger partial charge in [-0.1, -0.05) is 0 Å². The van der Waals surface area contributed by atoms with Crippen molar-refractivity contribution in [3.05, 3.63) is 11.8 Å². The van der Waals surface area contributed by atoms with Crippen LogP contribution in [-0.4, -0.2) is 105 Å². The summed E-state index contributed by atoms with van der Waals surface area (Å²) >= 11 is 0. The van der Waals surface area contributed by atoms with Gasteiger partial charge in [0.05, 0.1) is 25.1 Å². The molecule has 1 aliphatic rings. The number of aliphatic carboxylic acids is 2. The van der Waals surface area contributed by atoms with Crippen molar-refractivity contribution in [1.82, 2.24) is 10.6 Å². The number of aliphatic hydroxyl groups is 3. The highest BCUT2D eigenvalue weighted by Crippen LogP contribution is 2.25. The SMILES string of the molecule is CC(=O)N[C@H]1[C@H]([C@H](O)[C@H](O)CO)OC(C(=O)NCCC(=O)O)=C[C@@H]1N=C(N)N.O=C(O)C(F)(F)F. The molecule has 0 aromatic carbocycles. The van der Waals surface area contributed by atoms with Crippen LogP contribution in [0.15, 0.2) is 16.8 Å². The predicted octanol–water partition coefficient (Wildman–Crippen LogP) is -3.65. The zero-order valence-corrected chi connectivity index (χ0v) is 18.1. The first-order valence-electron chi connectivity index (χ1n) is 9.52. The number of alkyl halides is 3. The Morgan fingerprint density at radius 1 is 1.20 bits per heavy atom. The van der Waals surface area contributed by atoms with Gasteiger partial charge >= 0.3 is 18.1 Å². The molecule has 0 unspecified atom stereocenters. The van der Waals surface area contributed by atoms with Gasteiger partial charge in [-0.05, 0) is 6.08 Å². The fourth-order valence-corrected chi connectivity index (χ4v) is 2.51. The number of carbonyl (C=O) groups is 4. The minimum absolute atomic E-state index is 0.191. The number of rotatable bonds is 9. The number of nitrogens with one attached hydrogen (secondary N) is 2. The van der Waals surface area contributed by atoms with Crippen molar-refractivity contribution in [2.75, 3.05) is 13.2 Å². The number of nitrogens with two attached hydrogens (primary N) is 2. The van der Waals surface area contributed by atoms with E-state index in [1.54, 1.807) is 0 Å². The smallest absolute Gasteiger partial charge is 0.481 e. The normalized spacial score (nSPS) is 21.0. The molecule has 0 fully saturated rings. The van der Waals surface area contributed by atoms with E-state index in [0.29, 0.717) is 0 Å². The molecule has 1 rings (SSSR count). The van der Waals surface area contributed by atoms with Crippen LogP contribution in [-0.2, 0) is 23.9 Å². The van der Waals surface area contributed by atoms with E-state index in [0.717, 1.165) is 0 Å². The fraction of sp³-hybridized carbons (Fsp3) is 0.588. The lowest BCUT2D eigenvalue weighted by atomic mass is 9.92. The zero-order chi connectivity index (χ0) is 27.5. The third-order valence-corrected chi connectivity index (χ3v) is 3.98. The first kappa shape index (κ1) is 31.4. The van der Waals surface area contributed by atoms with E-state index in [1.807, 2.05) is 0 Å². The quantitative estimate of drug-likeness (QED) is 0.106. The molecule has 18 heteroatoms. The summed E-state index contributed by atoms with van der Waals surface area (Å²) in [5.41, 5.74) is 10.8. The Kier molecular flexibility index (Phi) is 12.5. The van der Waals surface area contributed by atoms with Gasteiger partial charge in [0.1, 0.15) is 18.3 Å². The van der Waals surface area contributed by atoms with Crippen molar-refractivity contribution in [2.45, 2.75) is 49.9 Å². The molecule has 0 aromatic rings. The van der Waals surface area contributed by atoms with Gasteiger partial charge in [0.25, 0.3) is 5.91 Å². The van der Waals surface area contributed by atoms with Crippen molar-refractivity contribution < 1.29 is 62.6 Å². The molecule has 11 N–H and O–H groups in total. The van der Waals surface area contributed by atoms with Crippen LogP contribution < -0.4 is 22.1 Å². The summed E-state index contributed by atoms with van der Waals surface area (Å²) in [7, 11) is 0. The van der Waals surface area contributed by atoms with Crippen LogP contribution in [0.2, 0.25) is 0 Å². The molecule has 0 saturated heterocycles. The molecule has 0 saturated carbocycles. The van der Waals surface area contributed by atoms with Crippen molar-refractivity contribution in [3.63, 3.8) is 0 Å². The van der Waals surface area contributed by atoms with Crippen LogP contribution in [0.3, 0.4) is 0 Å². The largest absolute Gasteiger partial charge is 0.490 e. The van der Waals surface area contributed by atoms with E-state index in [-0.39, 0.29) is 24.7 Å². The van der Waals surface area contributed by atoms with Crippen LogP contribution in [0.5, 0.6) is 0 Å². The van der Waals surface area contributed by atoms with Crippen molar-refractivity contribution in [2.24, 2.45) is 16.5 Å². The Balaban J connectivity index is 0.00000143. The number of carbonyl (C=O) groups excluding carboxylic acids is 2. The van der Waals surface area contributed by atoms with Crippen LogP contribution in [0.1, 0.15) is 13.3 Å². The maximum atomic E-state index is 12.3. The third kappa shape index (κ3) is 11.4. The third-order valence-electron chi connectivity index (χ3n) is 3.98. The maximum absolute atomic E-state index is 12.3. The summed E-state index contributed by atoms with van der Waals surface area (Å²) in [6, 6.07) is -2.13. The van der Waals surface area contributed by atoms with Gasteiger partial charge in [0, 0.05) is 13.5 Å². The van der Waals surface area contributed by atoms with E-state index >= 15 is 0 Å². The molecule has 0 aromatic heterocycles. The van der Waals surface area contributed by atoms with E-state index in [9.17, 15) is 37.8 Å². The van der Waals surface area contributed by atoms with Crippen LogP contribution in [0.25, 0.3) is 0 Å². The summed E-state index contributed by atoms with van der Waals surface area (Å²) in [6.07, 6.45) is -8.99. The second-order valence-electron chi connectivity index (χ2n) is 6.83. The Bertz CT molecular complexity index is 832. The molecule has 1 aliphatic heterocycles. The zero-order valence-electron chi connectivity index (χ0n) is 18.1. The lowest BCUT2D eigenvalue weighted by molar-refractivity contribution is -0.192. The number of carboxylic acids is 2. The van der Waals surface area contributed by atoms with E-state index < -0.39 is 66.9 Å². The first-order chi connectivity index (χ1) is 16.0. The molecular formula is C17H26F3N5O10. The number of hydrogen-bond donors (Lipinski definition) is 9. The van der Waals surface area contributed by atoms with Gasteiger partial charge < -0.3 is 52.4 Å². The van der Waals surface area contributed by atoms with Crippen LogP contribution >= 0.6 is 0 Å². The fourth-order valence-electron chi connectivity index (χ4n) is 2.51. The number of guanidine groups is 1. The lowest BCUT2D eigenvalue weighted by Crippen LogP contribution is -2.60. The summed E-state index contributed by atoms with van der Waals surface area (Å²) < 4.78 is 37.2. The molecule has 0 aliphatic carbocycles. The Morgan fingerprint density at radius 3 is 2.14 bits per heavy atom. The average Bonchev–Trinajstić information content (AvgIpc) is 2.72. The molecule has 0 spiro atoms. The highest BCUT2D eigenvalue weighted by molar-refractivity contribution is 5.92. The highest BCUT2D eigenvalue weighted by atomic mass is 19.4. The number of aliphatic imine (C=N–C) groups is 1. The number of amides is 2. The van der Waals surface area contributed by atoms with Gasteiger partial charge in [-0.3, -0.25) is 14.4 Å². The monoisotopic (exact) mass is 517 g/mol. The number of aliphatic hydroxyl groups excluding tert-OH is 3. The standard InChI is InChI=1S/C15H25N5O8.C2HF3O2/c1-6(22)19-11-7(20-15(16)17)4-9(14(27)18-3-2-10(24)25)28-13(11)12(26)8(23)5-21;3-2(4,5)1(6)7/h4,7-8,11-13,21,23,26H,2-3,5H2,1H3,(H,18,27)(H,19,22)(H,24,25)(H4,16,17,20);(H,6,7)/t7-,8+,11+,12+,13+;/m0./s1. The van der Waals surface area contributed by atoms with Crippen LogP contribution in [0.4, 0.5) is 13.2 Å². The highest BCUT2D eigenvalue weighted by Gasteiger charge is 2.43. The number of hydrogen-bond acceptors (Lipinski definition) is 9. The molecule has 200 valence electrons. The Hall–Kier alpha value is -3.64. The molecule has 0 radical (unpaired) electrons. The van der Waals surface area contributed by atoms with Gasteiger partial charge in [-0.25, -0.2) is 9.79 Å². The average molecular weight is 517 g/mol. The first-order valence-corrected chi connectivity index (χ1v) is 9.52. The summed E-state index contributed by atoms with van der Waals surface area (Å²) in [5, 5.41) is 49.7. The second-order valence-corrected chi connectivity index (χ2v) is 6.83. The van der Waals surface area contributed by atoms with E-state index in [4.69, 9.17) is 36.3 Å². The van der Waals surface area contributed by atoms with Gasteiger partial charge in [-0.15, -0.1) is 0 Å². The molecule has 35 heavy (non-hydrogen) atoms. The molecule has 1 heterocycles. The summed E-state index contributed by atoms with van der Waals surface area (Å²) in [4.78, 5) is 47.2. The van der Waals surface area contributed by atoms with Crippen molar-refractivity contribution >= 4 is 29.7 Å². The minimum atomic E-state index is -5.08. The number of halogens is 3. The number of ether oxygens (including phenoxy) is 1. The lowest BCUT2D eigenvalue weighted by Gasteiger charge is -2.39. The van der Waals surface area contributed by atoms with Gasteiger partial charge in [0.2, 0.25) is 5.91 Å². The maximum Gasteiger partial charge on any atom is 0.490 e. The molecule has 15 nitrogen and oxygen atoms in total. The molecule has 0 bridgehead atoms. The van der Waals surface area contributed by atoms with Crippen molar-refractivity contribution in [3.8, 4) is 0 Å². The number of carboxylic acid groups (broad SMARTS) is 2. The predicted molar refractivity (Wildman–Crippen MR) is 108 cm³/mol. The van der Waals surface area contributed by atoms with E-state index in [2.05, 4.69) is 15.6 Å². The number of nitrogens with zero attached hydrogens (tertiary/aromatic N) is 1. The topological polar surface area (TPSA) is 267 Å².